The first-order valence-electron chi connectivity index (χ1n) is 5.85. The first-order chi connectivity index (χ1) is 8.66. The molecule has 0 saturated heterocycles. The third-order valence-electron chi connectivity index (χ3n) is 3.39. The highest BCUT2D eigenvalue weighted by Crippen LogP contribution is 2.32. The molecule has 2 aromatic rings. The van der Waals surface area contributed by atoms with Gasteiger partial charge in [0.15, 0.2) is 0 Å². The molecule has 1 aliphatic rings. The van der Waals surface area contributed by atoms with Crippen molar-refractivity contribution in [2.45, 2.75) is 12.5 Å². The molecular weight excluding hydrogens is 244 g/mol. The van der Waals surface area contributed by atoms with Gasteiger partial charge in [-0.15, -0.1) is 11.3 Å². The summed E-state index contributed by atoms with van der Waals surface area (Å²) in [4.78, 5) is 14.5. The van der Waals surface area contributed by atoms with Gasteiger partial charge in [-0.05, 0) is 28.6 Å². The highest BCUT2D eigenvalue weighted by atomic mass is 32.1. The number of nitrogens with zero attached hydrogens (tertiary/aromatic N) is 1. The van der Waals surface area contributed by atoms with Gasteiger partial charge in [-0.1, -0.05) is 18.2 Å². The normalized spacial score (nSPS) is 15.9. The van der Waals surface area contributed by atoms with Crippen molar-refractivity contribution in [3.05, 3.63) is 51.7 Å². The van der Waals surface area contributed by atoms with Crippen LogP contribution >= 0.6 is 11.3 Å². The molecular formula is C14H14N2OS. The van der Waals surface area contributed by atoms with E-state index in [4.69, 9.17) is 5.73 Å². The molecule has 4 heteroatoms. The lowest BCUT2D eigenvalue weighted by molar-refractivity contribution is -0.117. The Bertz CT molecular complexity index is 592. The van der Waals surface area contributed by atoms with Crippen molar-refractivity contribution in [1.29, 1.82) is 0 Å². The third kappa shape index (κ3) is 1.74. The van der Waals surface area contributed by atoms with Gasteiger partial charge in [-0.2, -0.15) is 0 Å². The number of likely N-dealkylation sites (N-methyl/N-ethyl adjacent to an activating group) is 1. The van der Waals surface area contributed by atoms with Crippen LogP contribution in [0, 0.1) is 0 Å². The summed E-state index contributed by atoms with van der Waals surface area (Å²) in [5, 5.41) is 2.03. The summed E-state index contributed by atoms with van der Waals surface area (Å²) in [6, 6.07) is 10.0. The molecule has 0 saturated carbocycles. The van der Waals surface area contributed by atoms with Crippen LogP contribution in [-0.2, 0) is 11.2 Å². The monoisotopic (exact) mass is 258 g/mol. The minimum atomic E-state index is -0.101. The molecule has 18 heavy (non-hydrogen) atoms. The Kier molecular flexibility index (Phi) is 2.69. The van der Waals surface area contributed by atoms with E-state index in [0.717, 1.165) is 21.7 Å². The number of rotatable bonds is 2. The molecule has 1 aromatic carbocycles. The first kappa shape index (κ1) is 11.4. The van der Waals surface area contributed by atoms with E-state index >= 15 is 0 Å². The van der Waals surface area contributed by atoms with Crippen molar-refractivity contribution in [2.24, 2.45) is 5.73 Å². The second-order valence-electron chi connectivity index (χ2n) is 4.51. The summed E-state index contributed by atoms with van der Waals surface area (Å²) >= 11 is 1.66. The number of hydrogen-bond acceptors (Lipinski definition) is 3. The Balaban J connectivity index is 1.97. The van der Waals surface area contributed by atoms with E-state index in [-0.39, 0.29) is 11.9 Å². The molecule has 1 unspecified atom stereocenters. The lowest BCUT2D eigenvalue weighted by Crippen LogP contribution is -2.20. The fraction of sp³-hybridized carbons (Fsp3) is 0.214. The van der Waals surface area contributed by atoms with Crippen LogP contribution in [0.2, 0.25) is 0 Å². The van der Waals surface area contributed by atoms with Gasteiger partial charge in [-0.3, -0.25) is 4.79 Å². The third-order valence-corrected chi connectivity index (χ3v) is 4.34. The smallest absolute Gasteiger partial charge is 0.231 e. The predicted molar refractivity (Wildman–Crippen MR) is 73.9 cm³/mol. The molecule has 1 atom stereocenters. The first-order valence-corrected chi connectivity index (χ1v) is 6.73. The van der Waals surface area contributed by atoms with E-state index in [0.29, 0.717) is 6.42 Å². The Labute approximate surface area is 110 Å². The zero-order valence-corrected chi connectivity index (χ0v) is 10.9. The second kappa shape index (κ2) is 4.23. The van der Waals surface area contributed by atoms with Crippen molar-refractivity contribution in [1.82, 2.24) is 0 Å². The highest BCUT2D eigenvalue weighted by molar-refractivity contribution is 7.10. The van der Waals surface area contributed by atoms with Crippen LogP contribution in [0.3, 0.4) is 0 Å². The summed E-state index contributed by atoms with van der Waals surface area (Å²) in [6.07, 6.45) is 0.483. The van der Waals surface area contributed by atoms with Gasteiger partial charge in [0.05, 0.1) is 12.5 Å². The maximum atomic E-state index is 11.6. The summed E-state index contributed by atoms with van der Waals surface area (Å²) in [7, 11) is 1.81. The largest absolute Gasteiger partial charge is 0.320 e. The minimum Gasteiger partial charge on any atom is -0.320 e. The molecule has 2 heterocycles. The van der Waals surface area contributed by atoms with Crippen LogP contribution in [0.4, 0.5) is 5.69 Å². The fourth-order valence-corrected chi connectivity index (χ4v) is 3.07. The molecule has 92 valence electrons. The molecule has 3 nitrogen and oxygen atoms in total. The predicted octanol–water partition coefficient (Wildman–Crippen LogP) is 2.32. The van der Waals surface area contributed by atoms with Crippen molar-refractivity contribution in [3.63, 3.8) is 0 Å². The number of fused-ring (bicyclic) bond motifs is 1. The number of thiophene rings is 1. The molecule has 0 bridgehead atoms. The van der Waals surface area contributed by atoms with E-state index in [1.165, 1.54) is 0 Å². The molecule has 0 spiro atoms. The quantitative estimate of drug-likeness (QED) is 0.898. The van der Waals surface area contributed by atoms with Gasteiger partial charge in [0.2, 0.25) is 5.91 Å². The van der Waals surface area contributed by atoms with Gasteiger partial charge >= 0.3 is 0 Å². The van der Waals surface area contributed by atoms with E-state index in [9.17, 15) is 4.79 Å². The molecule has 2 N–H and O–H groups in total. The maximum absolute atomic E-state index is 11.6. The number of carbonyl (C=O) groups excluding carboxylic acids is 1. The molecule has 0 radical (unpaired) electrons. The fourth-order valence-electron chi connectivity index (χ4n) is 2.32. The Morgan fingerprint density at radius 2 is 2.22 bits per heavy atom. The summed E-state index contributed by atoms with van der Waals surface area (Å²) in [5.41, 5.74) is 9.38. The van der Waals surface area contributed by atoms with Crippen LogP contribution in [0.1, 0.15) is 22.0 Å². The lowest BCUT2D eigenvalue weighted by Gasteiger charge is -2.13. The Hall–Kier alpha value is -1.65. The number of nitrogens with two attached hydrogens (primary N) is 1. The number of carbonyl (C=O) groups is 1. The standard InChI is InChI=1S/C14H14N2OS/c1-16-11-5-4-9(7-10(11)8-13(16)17)14(15)12-3-2-6-18-12/h2-7,14H,8,15H2,1H3. The summed E-state index contributed by atoms with van der Waals surface area (Å²) in [6.45, 7) is 0. The van der Waals surface area contributed by atoms with Crippen molar-refractivity contribution in [2.75, 3.05) is 11.9 Å². The zero-order valence-electron chi connectivity index (χ0n) is 10.1. The van der Waals surface area contributed by atoms with E-state index in [1.54, 1.807) is 16.2 Å². The van der Waals surface area contributed by atoms with Crippen LogP contribution in [-0.4, -0.2) is 13.0 Å². The molecule has 3 rings (SSSR count). The number of benzene rings is 1. The van der Waals surface area contributed by atoms with Crippen LogP contribution in [0.15, 0.2) is 35.7 Å². The molecule has 1 aliphatic heterocycles. The van der Waals surface area contributed by atoms with Gasteiger partial charge in [0.1, 0.15) is 0 Å². The second-order valence-corrected chi connectivity index (χ2v) is 5.49. The van der Waals surface area contributed by atoms with E-state index in [2.05, 4.69) is 6.07 Å². The van der Waals surface area contributed by atoms with Crippen LogP contribution < -0.4 is 10.6 Å². The molecule has 1 aromatic heterocycles. The van der Waals surface area contributed by atoms with Gasteiger partial charge in [0.25, 0.3) is 0 Å². The summed E-state index contributed by atoms with van der Waals surface area (Å²) < 4.78 is 0. The minimum absolute atomic E-state index is 0.101. The number of hydrogen-bond donors (Lipinski definition) is 1. The van der Waals surface area contributed by atoms with Crippen molar-refractivity contribution < 1.29 is 4.79 Å². The number of amides is 1. The summed E-state index contributed by atoms with van der Waals surface area (Å²) in [5.74, 6) is 0.145. The number of anilines is 1. The molecule has 0 aliphatic carbocycles. The van der Waals surface area contributed by atoms with Crippen LogP contribution in [0.25, 0.3) is 0 Å². The zero-order chi connectivity index (χ0) is 12.7. The van der Waals surface area contributed by atoms with Crippen molar-refractivity contribution >= 4 is 22.9 Å². The Morgan fingerprint density at radius 3 is 2.94 bits per heavy atom. The van der Waals surface area contributed by atoms with Crippen LogP contribution in [0.5, 0.6) is 0 Å². The molecule has 0 fully saturated rings. The van der Waals surface area contributed by atoms with Gasteiger partial charge in [-0.25, -0.2) is 0 Å². The topological polar surface area (TPSA) is 46.3 Å². The molecule has 1 amide bonds. The Morgan fingerprint density at radius 1 is 1.39 bits per heavy atom. The van der Waals surface area contributed by atoms with Gasteiger partial charge < -0.3 is 10.6 Å². The highest BCUT2D eigenvalue weighted by Gasteiger charge is 2.24. The average Bonchev–Trinajstić information content (AvgIpc) is 2.98. The van der Waals surface area contributed by atoms with Crippen molar-refractivity contribution in [3.8, 4) is 0 Å². The average molecular weight is 258 g/mol. The SMILES string of the molecule is CN1C(=O)Cc2cc(C(N)c3cccs3)ccc21. The lowest BCUT2D eigenvalue weighted by atomic mass is 10.0. The van der Waals surface area contributed by atoms with E-state index < -0.39 is 0 Å². The maximum Gasteiger partial charge on any atom is 0.231 e. The van der Waals surface area contributed by atoms with Gasteiger partial charge in [0, 0.05) is 17.6 Å². The van der Waals surface area contributed by atoms with E-state index in [1.807, 2.05) is 36.7 Å².